The van der Waals surface area contributed by atoms with Crippen molar-refractivity contribution in [1.29, 1.82) is 0 Å². The molecule has 1 aliphatic heterocycles. The van der Waals surface area contributed by atoms with Gasteiger partial charge in [-0.05, 0) is 30.2 Å². The number of para-hydroxylation sites is 1. The van der Waals surface area contributed by atoms with E-state index >= 15 is 0 Å². The molecule has 1 amide bonds. The van der Waals surface area contributed by atoms with Crippen LogP contribution < -0.4 is 4.90 Å². The van der Waals surface area contributed by atoms with Crippen molar-refractivity contribution in [2.45, 2.75) is 13.8 Å². The number of fused-ring (bicyclic) bond motifs is 1. The second kappa shape index (κ2) is 5.00. The molecule has 0 spiro atoms. The lowest BCUT2D eigenvalue weighted by atomic mass is 10.1. The van der Waals surface area contributed by atoms with E-state index in [2.05, 4.69) is 13.8 Å². The van der Waals surface area contributed by atoms with Gasteiger partial charge >= 0.3 is 0 Å². The van der Waals surface area contributed by atoms with Crippen LogP contribution in [0.4, 0.5) is 5.69 Å². The first kappa shape index (κ1) is 12.7. The van der Waals surface area contributed by atoms with Crippen LogP contribution in [-0.4, -0.2) is 12.5 Å². The van der Waals surface area contributed by atoms with Crippen molar-refractivity contribution in [3.05, 3.63) is 54.0 Å². The van der Waals surface area contributed by atoms with Gasteiger partial charge in [0.1, 0.15) is 5.76 Å². The van der Waals surface area contributed by atoms with Crippen molar-refractivity contribution in [2.24, 2.45) is 5.92 Å². The van der Waals surface area contributed by atoms with E-state index < -0.39 is 0 Å². The van der Waals surface area contributed by atoms with Gasteiger partial charge in [-0.2, -0.15) is 0 Å². The molecule has 1 aliphatic rings. The molecule has 3 nitrogen and oxygen atoms in total. The number of carbonyl (C=O) groups excluding carboxylic acids is 1. The van der Waals surface area contributed by atoms with Crippen LogP contribution in [0.3, 0.4) is 0 Å². The van der Waals surface area contributed by atoms with Crippen LogP contribution in [0.25, 0.3) is 11.6 Å². The molecule has 102 valence electrons. The molecule has 3 rings (SSSR count). The van der Waals surface area contributed by atoms with Gasteiger partial charge in [0, 0.05) is 12.1 Å². The molecule has 3 heteroatoms. The number of anilines is 1. The largest absolute Gasteiger partial charge is 0.465 e. The summed E-state index contributed by atoms with van der Waals surface area (Å²) in [7, 11) is 0. The van der Waals surface area contributed by atoms with Gasteiger partial charge in [0.25, 0.3) is 5.91 Å². The Hall–Kier alpha value is -2.29. The minimum atomic E-state index is 0.0521. The first-order valence-electron chi connectivity index (χ1n) is 6.83. The van der Waals surface area contributed by atoms with E-state index in [-0.39, 0.29) is 5.91 Å². The minimum absolute atomic E-state index is 0.0521. The Labute approximate surface area is 118 Å². The van der Waals surface area contributed by atoms with Gasteiger partial charge < -0.3 is 9.32 Å². The molecule has 2 aromatic rings. The molecule has 0 N–H and O–H groups in total. The molecule has 0 atom stereocenters. The third kappa shape index (κ3) is 2.16. The Morgan fingerprint density at radius 1 is 1.20 bits per heavy atom. The van der Waals surface area contributed by atoms with Crippen molar-refractivity contribution < 1.29 is 9.21 Å². The predicted molar refractivity (Wildman–Crippen MR) is 80.2 cm³/mol. The molecule has 0 fully saturated rings. The van der Waals surface area contributed by atoms with Gasteiger partial charge in [0.2, 0.25) is 0 Å². The van der Waals surface area contributed by atoms with Crippen LogP contribution in [0.2, 0.25) is 0 Å². The molecular formula is C17H17NO2. The Bertz CT molecular complexity index is 653. The Kier molecular flexibility index (Phi) is 3.18. The van der Waals surface area contributed by atoms with E-state index in [1.165, 1.54) is 0 Å². The maximum atomic E-state index is 12.6. The van der Waals surface area contributed by atoms with Crippen LogP contribution in [-0.2, 0) is 4.79 Å². The van der Waals surface area contributed by atoms with Crippen LogP contribution in [0, 0.1) is 5.92 Å². The lowest BCUT2D eigenvalue weighted by molar-refractivity contribution is -0.113. The average molecular weight is 267 g/mol. The summed E-state index contributed by atoms with van der Waals surface area (Å²) in [5.74, 6) is 1.18. The summed E-state index contributed by atoms with van der Waals surface area (Å²) in [4.78, 5) is 14.5. The molecular weight excluding hydrogens is 250 g/mol. The van der Waals surface area contributed by atoms with Crippen LogP contribution in [0.15, 0.2) is 47.1 Å². The molecule has 0 bridgehead atoms. The minimum Gasteiger partial charge on any atom is -0.465 e. The fourth-order valence-electron chi connectivity index (χ4n) is 2.51. The number of hydrogen-bond acceptors (Lipinski definition) is 2. The number of amides is 1. The van der Waals surface area contributed by atoms with E-state index in [4.69, 9.17) is 4.42 Å². The summed E-state index contributed by atoms with van der Waals surface area (Å²) in [6.07, 6.45) is 3.44. The third-order valence-electron chi connectivity index (χ3n) is 3.34. The van der Waals surface area contributed by atoms with Crippen molar-refractivity contribution in [3.8, 4) is 0 Å². The predicted octanol–water partition coefficient (Wildman–Crippen LogP) is 3.82. The zero-order valence-corrected chi connectivity index (χ0v) is 11.7. The van der Waals surface area contributed by atoms with Gasteiger partial charge in [-0.25, -0.2) is 0 Å². The summed E-state index contributed by atoms with van der Waals surface area (Å²) in [6.45, 7) is 4.96. The Morgan fingerprint density at radius 3 is 2.70 bits per heavy atom. The monoisotopic (exact) mass is 267 g/mol. The number of nitrogens with zero attached hydrogens (tertiary/aromatic N) is 1. The molecule has 1 aromatic heterocycles. The van der Waals surface area contributed by atoms with E-state index in [1.807, 2.05) is 47.4 Å². The highest BCUT2D eigenvalue weighted by molar-refractivity contribution is 6.35. The normalized spacial score (nSPS) is 16.2. The third-order valence-corrected chi connectivity index (χ3v) is 3.34. The fourth-order valence-corrected chi connectivity index (χ4v) is 2.51. The van der Waals surface area contributed by atoms with Crippen molar-refractivity contribution in [3.63, 3.8) is 0 Å². The quantitative estimate of drug-likeness (QED) is 0.792. The standard InChI is InChI=1S/C17H17NO2/c1-12(2)11-18-16-8-4-3-7-14(16)15(17(18)19)10-13-6-5-9-20-13/h3-10,12H,11H2,1-2H3/b15-10-. The number of furan rings is 1. The maximum Gasteiger partial charge on any atom is 0.259 e. The second-order valence-corrected chi connectivity index (χ2v) is 5.40. The summed E-state index contributed by atoms with van der Waals surface area (Å²) in [5.41, 5.74) is 2.68. The summed E-state index contributed by atoms with van der Waals surface area (Å²) >= 11 is 0. The van der Waals surface area contributed by atoms with Gasteiger partial charge in [0.05, 0.1) is 17.5 Å². The lowest BCUT2D eigenvalue weighted by Crippen LogP contribution is -2.30. The first-order valence-corrected chi connectivity index (χ1v) is 6.83. The fraction of sp³-hybridized carbons (Fsp3) is 0.235. The SMILES string of the molecule is CC(C)CN1C(=O)/C(=C\c2ccco2)c2ccccc21. The molecule has 2 heterocycles. The highest BCUT2D eigenvalue weighted by Crippen LogP contribution is 2.37. The van der Waals surface area contributed by atoms with E-state index in [0.29, 0.717) is 17.3 Å². The molecule has 0 unspecified atom stereocenters. The summed E-state index contributed by atoms with van der Waals surface area (Å²) in [6, 6.07) is 11.6. The molecule has 0 saturated carbocycles. The average Bonchev–Trinajstić information content (AvgIpc) is 3.02. The van der Waals surface area contributed by atoms with E-state index in [1.54, 1.807) is 6.26 Å². The molecule has 20 heavy (non-hydrogen) atoms. The highest BCUT2D eigenvalue weighted by atomic mass is 16.3. The van der Waals surface area contributed by atoms with Crippen LogP contribution >= 0.6 is 0 Å². The highest BCUT2D eigenvalue weighted by Gasteiger charge is 2.32. The zero-order chi connectivity index (χ0) is 14.1. The van der Waals surface area contributed by atoms with E-state index in [9.17, 15) is 4.79 Å². The van der Waals surface area contributed by atoms with Gasteiger partial charge in [-0.1, -0.05) is 32.0 Å². The summed E-state index contributed by atoms with van der Waals surface area (Å²) < 4.78 is 5.33. The summed E-state index contributed by atoms with van der Waals surface area (Å²) in [5, 5.41) is 0. The van der Waals surface area contributed by atoms with Crippen LogP contribution in [0.5, 0.6) is 0 Å². The lowest BCUT2D eigenvalue weighted by Gasteiger charge is -2.19. The Morgan fingerprint density at radius 2 is 2.00 bits per heavy atom. The topological polar surface area (TPSA) is 33.5 Å². The van der Waals surface area contributed by atoms with Gasteiger partial charge in [-0.3, -0.25) is 4.79 Å². The van der Waals surface area contributed by atoms with Crippen LogP contribution in [0.1, 0.15) is 25.2 Å². The maximum absolute atomic E-state index is 12.6. The molecule has 1 aromatic carbocycles. The second-order valence-electron chi connectivity index (χ2n) is 5.40. The van der Waals surface area contributed by atoms with Gasteiger partial charge in [0.15, 0.2) is 0 Å². The number of rotatable bonds is 3. The number of carbonyl (C=O) groups is 1. The number of hydrogen-bond donors (Lipinski definition) is 0. The molecule has 0 radical (unpaired) electrons. The van der Waals surface area contributed by atoms with Gasteiger partial charge in [-0.15, -0.1) is 0 Å². The zero-order valence-electron chi connectivity index (χ0n) is 11.7. The van der Waals surface area contributed by atoms with E-state index in [0.717, 1.165) is 17.8 Å². The smallest absolute Gasteiger partial charge is 0.259 e. The first-order chi connectivity index (χ1) is 9.66. The van der Waals surface area contributed by atoms with Crippen molar-refractivity contribution >= 4 is 23.2 Å². The Balaban J connectivity index is 2.07. The van der Waals surface area contributed by atoms with Crippen molar-refractivity contribution in [1.82, 2.24) is 0 Å². The van der Waals surface area contributed by atoms with Crippen molar-refractivity contribution in [2.75, 3.05) is 11.4 Å². The number of benzene rings is 1. The molecule has 0 saturated heterocycles. The molecule has 0 aliphatic carbocycles.